The first-order chi connectivity index (χ1) is 10.1. The van der Waals surface area contributed by atoms with Crippen LogP contribution in [0.3, 0.4) is 0 Å². The fourth-order valence-electron chi connectivity index (χ4n) is 3.99. The summed E-state index contributed by atoms with van der Waals surface area (Å²) in [6, 6.07) is 0.231. The molecule has 21 heavy (non-hydrogen) atoms. The molecule has 0 saturated carbocycles. The zero-order valence-electron chi connectivity index (χ0n) is 13.3. The number of carboxylic acids is 1. The van der Waals surface area contributed by atoms with E-state index in [1.165, 1.54) is 6.42 Å². The van der Waals surface area contributed by atoms with Gasteiger partial charge in [0.25, 0.3) is 0 Å². The highest BCUT2D eigenvalue weighted by Crippen LogP contribution is 2.36. The second-order valence-corrected chi connectivity index (χ2v) is 6.38. The smallest absolute Gasteiger partial charge is 0.329 e. The highest BCUT2D eigenvalue weighted by atomic mass is 16.4. The van der Waals surface area contributed by atoms with Gasteiger partial charge in [-0.1, -0.05) is 20.3 Å². The number of carbonyl (C=O) groups is 2. The molecule has 2 fully saturated rings. The van der Waals surface area contributed by atoms with Crippen LogP contribution in [0.1, 0.15) is 65.2 Å². The van der Waals surface area contributed by atoms with Crippen molar-refractivity contribution in [1.29, 1.82) is 0 Å². The van der Waals surface area contributed by atoms with E-state index in [1.54, 1.807) is 4.90 Å². The molecule has 5 heteroatoms. The van der Waals surface area contributed by atoms with E-state index < -0.39 is 11.5 Å². The third-order valence-electron chi connectivity index (χ3n) is 5.13. The van der Waals surface area contributed by atoms with Gasteiger partial charge in [0.1, 0.15) is 5.54 Å². The summed E-state index contributed by atoms with van der Waals surface area (Å²) in [5.74, 6) is -0.833. The minimum absolute atomic E-state index is 0.0464. The molecule has 2 unspecified atom stereocenters. The van der Waals surface area contributed by atoms with Crippen LogP contribution in [0.2, 0.25) is 0 Å². The summed E-state index contributed by atoms with van der Waals surface area (Å²) in [6.45, 7) is 5.45. The lowest BCUT2D eigenvalue weighted by Gasteiger charge is -2.42. The summed E-state index contributed by atoms with van der Waals surface area (Å²) in [4.78, 5) is 28.4. The molecular weight excluding hydrogens is 268 g/mol. The predicted octanol–water partition coefficient (Wildman–Crippen LogP) is 3.09. The molecule has 2 heterocycles. The summed E-state index contributed by atoms with van der Waals surface area (Å²) in [5.41, 5.74) is -0.971. The number of urea groups is 1. The van der Waals surface area contributed by atoms with Gasteiger partial charge < -0.3 is 14.9 Å². The van der Waals surface area contributed by atoms with Crippen LogP contribution in [0, 0.1) is 0 Å². The zero-order valence-corrected chi connectivity index (χ0v) is 13.3. The first-order valence-corrected chi connectivity index (χ1v) is 8.38. The van der Waals surface area contributed by atoms with E-state index >= 15 is 0 Å². The number of hydrogen-bond acceptors (Lipinski definition) is 2. The summed E-state index contributed by atoms with van der Waals surface area (Å²) in [5, 5.41) is 9.72. The van der Waals surface area contributed by atoms with E-state index in [0.29, 0.717) is 19.4 Å². The molecule has 5 nitrogen and oxygen atoms in total. The van der Waals surface area contributed by atoms with Gasteiger partial charge in [0.2, 0.25) is 0 Å². The molecule has 1 N–H and O–H groups in total. The highest BCUT2D eigenvalue weighted by Gasteiger charge is 2.50. The van der Waals surface area contributed by atoms with E-state index in [0.717, 1.165) is 38.6 Å². The van der Waals surface area contributed by atoms with Crippen LogP contribution in [0.15, 0.2) is 0 Å². The molecule has 2 atom stereocenters. The van der Waals surface area contributed by atoms with Crippen molar-refractivity contribution in [2.24, 2.45) is 0 Å². The summed E-state index contributed by atoms with van der Waals surface area (Å²) in [6.07, 6.45) is 6.92. The van der Waals surface area contributed by atoms with Crippen LogP contribution in [0.5, 0.6) is 0 Å². The monoisotopic (exact) mass is 296 g/mol. The van der Waals surface area contributed by atoms with Crippen molar-refractivity contribution in [3.8, 4) is 0 Å². The molecule has 120 valence electrons. The van der Waals surface area contributed by atoms with E-state index in [9.17, 15) is 14.7 Å². The third-order valence-corrected chi connectivity index (χ3v) is 5.13. The molecular formula is C16H28N2O3. The average molecular weight is 296 g/mol. The molecule has 0 aromatic carbocycles. The molecule has 0 aliphatic carbocycles. The van der Waals surface area contributed by atoms with Gasteiger partial charge in [-0.15, -0.1) is 0 Å². The van der Waals surface area contributed by atoms with Crippen LogP contribution in [-0.2, 0) is 4.79 Å². The Morgan fingerprint density at radius 2 is 1.95 bits per heavy atom. The van der Waals surface area contributed by atoms with Gasteiger partial charge in [-0.25, -0.2) is 9.59 Å². The van der Waals surface area contributed by atoms with Crippen molar-refractivity contribution >= 4 is 12.0 Å². The maximum Gasteiger partial charge on any atom is 0.329 e. The normalized spacial score (nSPS) is 29.7. The SMILES string of the molecule is CCCC1(C(=O)O)CCCN1C(=O)N1CCCCC1CC. The first-order valence-electron chi connectivity index (χ1n) is 8.38. The van der Waals surface area contributed by atoms with Crippen LogP contribution >= 0.6 is 0 Å². The van der Waals surface area contributed by atoms with Gasteiger partial charge >= 0.3 is 12.0 Å². The largest absolute Gasteiger partial charge is 0.479 e. The Hall–Kier alpha value is -1.26. The molecule has 0 aromatic heterocycles. The Labute approximate surface area is 127 Å². The van der Waals surface area contributed by atoms with Crippen molar-refractivity contribution in [3.63, 3.8) is 0 Å². The summed E-state index contributed by atoms with van der Waals surface area (Å²) >= 11 is 0. The van der Waals surface area contributed by atoms with Crippen molar-refractivity contribution in [1.82, 2.24) is 9.80 Å². The summed E-state index contributed by atoms with van der Waals surface area (Å²) < 4.78 is 0. The Morgan fingerprint density at radius 1 is 1.19 bits per heavy atom. The van der Waals surface area contributed by atoms with Crippen molar-refractivity contribution < 1.29 is 14.7 Å². The molecule has 2 aliphatic heterocycles. The number of hydrogen-bond donors (Lipinski definition) is 1. The molecule has 2 rings (SSSR count). The van der Waals surface area contributed by atoms with Crippen molar-refractivity contribution in [3.05, 3.63) is 0 Å². The molecule has 0 aromatic rings. The van der Waals surface area contributed by atoms with Gasteiger partial charge in [0.15, 0.2) is 0 Å². The Bertz CT molecular complexity index is 399. The lowest BCUT2D eigenvalue weighted by molar-refractivity contribution is -0.149. The van der Waals surface area contributed by atoms with Crippen LogP contribution in [-0.4, -0.2) is 51.6 Å². The lowest BCUT2D eigenvalue weighted by atomic mass is 9.90. The lowest BCUT2D eigenvalue weighted by Crippen LogP contribution is -2.59. The van der Waals surface area contributed by atoms with Gasteiger partial charge in [0, 0.05) is 19.1 Å². The minimum Gasteiger partial charge on any atom is -0.479 e. The predicted molar refractivity (Wildman–Crippen MR) is 81.2 cm³/mol. The van der Waals surface area contributed by atoms with E-state index in [-0.39, 0.29) is 12.1 Å². The molecule has 0 spiro atoms. The Balaban J connectivity index is 2.21. The van der Waals surface area contributed by atoms with Crippen molar-refractivity contribution in [2.75, 3.05) is 13.1 Å². The summed E-state index contributed by atoms with van der Waals surface area (Å²) in [7, 11) is 0. The second kappa shape index (κ2) is 6.67. The van der Waals surface area contributed by atoms with Gasteiger partial charge in [0.05, 0.1) is 0 Å². The number of nitrogens with zero attached hydrogens (tertiary/aromatic N) is 2. The van der Waals surface area contributed by atoms with E-state index in [2.05, 4.69) is 6.92 Å². The maximum atomic E-state index is 13.0. The molecule has 2 aliphatic rings. The molecule has 2 saturated heterocycles. The van der Waals surface area contributed by atoms with Gasteiger partial charge in [-0.2, -0.15) is 0 Å². The number of rotatable bonds is 4. The number of carboxylic acid groups (broad SMARTS) is 1. The maximum absolute atomic E-state index is 13.0. The topological polar surface area (TPSA) is 60.9 Å². The van der Waals surface area contributed by atoms with E-state index in [4.69, 9.17) is 0 Å². The van der Waals surface area contributed by atoms with Crippen LogP contribution in [0.25, 0.3) is 0 Å². The number of piperidine rings is 1. The van der Waals surface area contributed by atoms with Gasteiger partial charge in [-0.05, 0) is 44.9 Å². The quantitative estimate of drug-likeness (QED) is 0.867. The van der Waals surface area contributed by atoms with Crippen molar-refractivity contribution in [2.45, 2.75) is 76.8 Å². The number of aliphatic carboxylic acids is 1. The number of carbonyl (C=O) groups excluding carboxylic acids is 1. The van der Waals surface area contributed by atoms with Gasteiger partial charge in [-0.3, -0.25) is 0 Å². The highest BCUT2D eigenvalue weighted by molar-refractivity contribution is 5.87. The number of likely N-dealkylation sites (tertiary alicyclic amines) is 2. The van der Waals surface area contributed by atoms with E-state index in [1.807, 2.05) is 11.8 Å². The van der Waals surface area contributed by atoms with Crippen LogP contribution < -0.4 is 0 Å². The molecule has 0 bridgehead atoms. The zero-order chi connectivity index (χ0) is 15.5. The fourth-order valence-corrected chi connectivity index (χ4v) is 3.99. The molecule has 2 amide bonds. The molecule has 0 radical (unpaired) electrons. The van der Waals surface area contributed by atoms with Crippen LogP contribution in [0.4, 0.5) is 4.79 Å². The first kappa shape index (κ1) is 16.1. The third kappa shape index (κ3) is 2.87. The standard InChI is InChI=1S/C16H28N2O3/c1-3-9-16(14(19)20)10-7-12-18(16)15(21)17-11-6-5-8-13(17)4-2/h13H,3-12H2,1-2H3,(H,19,20). The number of amides is 2. The Kier molecular flexibility index (Phi) is 5.12. The minimum atomic E-state index is -0.971. The fraction of sp³-hybridized carbons (Fsp3) is 0.875. The average Bonchev–Trinajstić information content (AvgIpc) is 2.92. The Morgan fingerprint density at radius 3 is 2.57 bits per heavy atom. The second-order valence-electron chi connectivity index (χ2n) is 6.38.